The van der Waals surface area contributed by atoms with E-state index in [4.69, 9.17) is 0 Å². The van der Waals surface area contributed by atoms with Gasteiger partial charge in [-0.05, 0) is 48.7 Å². The number of hydrogen-bond acceptors (Lipinski definition) is 1. The van der Waals surface area contributed by atoms with E-state index in [2.05, 4.69) is 77.6 Å². The standard InChI is InChI=1S/C17H20BrN/c1-3-10-19-12-15-5-4-13(2)11-17(15)14-6-8-16(18)9-7-14/h4-9,11,19H,3,10,12H2,1-2H3. The first kappa shape index (κ1) is 14.3. The van der Waals surface area contributed by atoms with Crippen LogP contribution in [0.1, 0.15) is 24.5 Å². The molecular formula is C17H20BrN. The zero-order chi connectivity index (χ0) is 13.7. The van der Waals surface area contributed by atoms with Crippen LogP contribution in [0.3, 0.4) is 0 Å². The number of aryl methyl sites for hydroxylation is 1. The predicted octanol–water partition coefficient (Wildman–Crippen LogP) is 4.92. The summed E-state index contributed by atoms with van der Waals surface area (Å²) in [5.74, 6) is 0. The average molecular weight is 318 g/mol. The second kappa shape index (κ2) is 6.88. The molecule has 0 heterocycles. The fraction of sp³-hybridized carbons (Fsp3) is 0.294. The number of nitrogens with one attached hydrogen (secondary N) is 1. The van der Waals surface area contributed by atoms with Gasteiger partial charge in [-0.3, -0.25) is 0 Å². The molecule has 0 aliphatic rings. The lowest BCUT2D eigenvalue weighted by Gasteiger charge is -2.12. The summed E-state index contributed by atoms with van der Waals surface area (Å²) in [4.78, 5) is 0. The lowest BCUT2D eigenvalue weighted by atomic mass is 9.97. The third kappa shape index (κ3) is 3.92. The minimum atomic E-state index is 0.930. The van der Waals surface area contributed by atoms with Gasteiger partial charge in [-0.1, -0.05) is 58.7 Å². The molecule has 0 unspecified atom stereocenters. The molecule has 2 aromatic rings. The van der Waals surface area contributed by atoms with Crippen molar-refractivity contribution in [1.29, 1.82) is 0 Å². The van der Waals surface area contributed by atoms with Gasteiger partial charge in [0.15, 0.2) is 0 Å². The van der Waals surface area contributed by atoms with Crippen molar-refractivity contribution >= 4 is 15.9 Å². The van der Waals surface area contributed by atoms with E-state index in [1.807, 2.05) is 0 Å². The van der Waals surface area contributed by atoms with Crippen molar-refractivity contribution in [3.8, 4) is 11.1 Å². The van der Waals surface area contributed by atoms with Gasteiger partial charge < -0.3 is 5.32 Å². The maximum absolute atomic E-state index is 3.49. The average Bonchev–Trinajstić information content (AvgIpc) is 2.41. The maximum Gasteiger partial charge on any atom is 0.0211 e. The molecule has 0 saturated heterocycles. The van der Waals surface area contributed by atoms with Crippen LogP contribution in [0.15, 0.2) is 46.9 Å². The molecule has 0 fully saturated rings. The van der Waals surface area contributed by atoms with Crippen molar-refractivity contribution < 1.29 is 0 Å². The van der Waals surface area contributed by atoms with Gasteiger partial charge in [0.1, 0.15) is 0 Å². The summed E-state index contributed by atoms with van der Waals surface area (Å²) < 4.78 is 1.12. The summed E-state index contributed by atoms with van der Waals surface area (Å²) in [5.41, 5.74) is 5.27. The van der Waals surface area contributed by atoms with Crippen LogP contribution in [0.4, 0.5) is 0 Å². The molecule has 0 aromatic heterocycles. The normalized spacial score (nSPS) is 10.7. The summed E-state index contributed by atoms with van der Waals surface area (Å²) in [7, 11) is 0. The van der Waals surface area contributed by atoms with Crippen molar-refractivity contribution in [2.45, 2.75) is 26.8 Å². The molecule has 2 heteroatoms. The highest BCUT2D eigenvalue weighted by Crippen LogP contribution is 2.26. The van der Waals surface area contributed by atoms with Crippen molar-refractivity contribution in [2.75, 3.05) is 6.54 Å². The Bertz CT molecular complexity index is 531. The van der Waals surface area contributed by atoms with Gasteiger partial charge in [-0.15, -0.1) is 0 Å². The summed E-state index contributed by atoms with van der Waals surface area (Å²) in [5, 5.41) is 3.48. The second-order valence-electron chi connectivity index (χ2n) is 4.84. The molecule has 100 valence electrons. The van der Waals surface area contributed by atoms with Crippen LogP contribution in [0.5, 0.6) is 0 Å². The van der Waals surface area contributed by atoms with Gasteiger partial charge in [0.2, 0.25) is 0 Å². The van der Waals surface area contributed by atoms with Gasteiger partial charge in [0.05, 0.1) is 0 Å². The largest absolute Gasteiger partial charge is 0.313 e. The van der Waals surface area contributed by atoms with Gasteiger partial charge in [0, 0.05) is 11.0 Å². The van der Waals surface area contributed by atoms with Crippen LogP contribution in [0, 0.1) is 6.92 Å². The molecule has 2 aromatic carbocycles. The Morgan fingerprint density at radius 3 is 2.47 bits per heavy atom. The molecule has 1 N–H and O–H groups in total. The molecule has 0 bridgehead atoms. The second-order valence-corrected chi connectivity index (χ2v) is 5.76. The zero-order valence-corrected chi connectivity index (χ0v) is 13.1. The quantitative estimate of drug-likeness (QED) is 0.771. The lowest BCUT2D eigenvalue weighted by molar-refractivity contribution is 0.676. The lowest BCUT2D eigenvalue weighted by Crippen LogP contribution is -2.14. The monoisotopic (exact) mass is 317 g/mol. The van der Waals surface area contributed by atoms with Gasteiger partial charge in [-0.25, -0.2) is 0 Å². The SMILES string of the molecule is CCCNCc1ccc(C)cc1-c1ccc(Br)cc1. The summed E-state index contributed by atoms with van der Waals surface area (Å²) in [6.07, 6.45) is 1.17. The highest BCUT2D eigenvalue weighted by Gasteiger charge is 2.05. The predicted molar refractivity (Wildman–Crippen MR) is 86.3 cm³/mol. The van der Waals surface area contributed by atoms with E-state index < -0.39 is 0 Å². The summed E-state index contributed by atoms with van der Waals surface area (Å²) >= 11 is 3.49. The molecule has 0 amide bonds. The molecule has 2 rings (SSSR count). The smallest absolute Gasteiger partial charge is 0.0211 e. The molecule has 0 aliphatic heterocycles. The van der Waals surface area contributed by atoms with E-state index in [1.165, 1.54) is 28.7 Å². The highest BCUT2D eigenvalue weighted by atomic mass is 79.9. The van der Waals surface area contributed by atoms with Crippen LogP contribution in [0.25, 0.3) is 11.1 Å². The maximum atomic E-state index is 3.49. The van der Waals surface area contributed by atoms with Gasteiger partial charge in [-0.2, -0.15) is 0 Å². The molecule has 0 saturated carbocycles. The Labute approximate surface area is 124 Å². The van der Waals surface area contributed by atoms with Gasteiger partial charge in [0.25, 0.3) is 0 Å². The number of benzene rings is 2. The van der Waals surface area contributed by atoms with Crippen molar-refractivity contribution in [3.05, 3.63) is 58.1 Å². The Morgan fingerprint density at radius 1 is 1.05 bits per heavy atom. The third-order valence-electron chi connectivity index (χ3n) is 3.16. The molecule has 1 nitrogen and oxygen atoms in total. The minimum absolute atomic E-state index is 0.930. The molecule has 19 heavy (non-hydrogen) atoms. The van der Waals surface area contributed by atoms with E-state index in [0.29, 0.717) is 0 Å². The van der Waals surface area contributed by atoms with Crippen molar-refractivity contribution in [1.82, 2.24) is 5.32 Å². The Morgan fingerprint density at radius 2 is 1.79 bits per heavy atom. The Kier molecular flexibility index (Phi) is 5.17. The first-order valence-corrected chi connectivity index (χ1v) is 7.56. The highest BCUT2D eigenvalue weighted by molar-refractivity contribution is 9.10. The molecule has 0 atom stereocenters. The molecule has 0 radical (unpaired) electrons. The number of rotatable bonds is 5. The molecule has 0 spiro atoms. The van der Waals surface area contributed by atoms with Crippen molar-refractivity contribution in [2.24, 2.45) is 0 Å². The Hall–Kier alpha value is -1.12. The van der Waals surface area contributed by atoms with E-state index >= 15 is 0 Å². The fourth-order valence-corrected chi connectivity index (χ4v) is 2.41. The Balaban J connectivity index is 2.31. The van der Waals surface area contributed by atoms with E-state index in [1.54, 1.807) is 0 Å². The van der Waals surface area contributed by atoms with Crippen LogP contribution in [-0.4, -0.2) is 6.54 Å². The van der Waals surface area contributed by atoms with Gasteiger partial charge >= 0.3 is 0 Å². The molecular weight excluding hydrogens is 298 g/mol. The van der Waals surface area contributed by atoms with E-state index in [0.717, 1.165) is 17.6 Å². The first-order valence-electron chi connectivity index (χ1n) is 6.77. The zero-order valence-electron chi connectivity index (χ0n) is 11.5. The third-order valence-corrected chi connectivity index (χ3v) is 3.69. The van der Waals surface area contributed by atoms with Crippen molar-refractivity contribution in [3.63, 3.8) is 0 Å². The first-order chi connectivity index (χ1) is 9.20. The topological polar surface area (TPSA) is 12.0 Å². The van der Waals surface area contributed by atoms with Crippen LogP contribution >= 0.6 is 15.9 Å². The fourth-order valence-electron chi connectivity index (χ4n) is 2.14. The van der Waals surface area contributed by atoms with Crippen LogP contribution in [-0.2, 0) is 6.54 Å². The van der Waals surface area contributed by atoms with E-state index in [-0.39, 0.29) is 0 Å². The van der Waals surface area contributed by atoms with Crippen LogP contribution in [0.2, 0.25) is 0 Å². The minimum Gasteiger partial charge on any atom is -0.313 e. The summed E-state index contributed by atoms with van der Waals surface area (Å²) in [6.45, 7) is 6.33. The van der Waals surface area contributed by atoms with E-state index in [9.17, 15) is 0 Å². The summed E-state index contributed by atoms with van der Waals surface area (Å²) in [6, 6.07) is 15.2. The number of halogens is 1. The molecule has 0 aliphatic carbocycles. The van der Waals surface area contributed by atoms with Crippen LogP contribution < -0.4 is 5.32 Å². The number of hydrogen-bond donors (Lipinski definition) is 1.